The Morgan fingerprint density at radius 2 is 2.42 bits per heavy atom. The van der Waals surface area contributed by atoms with Crippen LogP contribution >= 0.6 is 0 Å². The zero-order chi connectivity index (χ0) is 8.39. The van der Waals surface area contributed by atoms with E-state index in [2.05, 4.69) is 0 Å². The molecule has 1 aliphatic heterocycles. The Morgan fingerprint density at radius 1 is 1.50 bits per heavy atom. The van der Waals surface area contributed by atoms with E-state index in [-0.39, 0.29) is 12.1 Å². The molecule has 3 nitrogen and oxygen atoms in total. The molecule has 1 aliphatic rings. The van der Waals surface area contributed by atoms with Crippen molar-refractivity contribution in [2.45, 2.75) is 12.5 Å². The minimum absolute atomic E-state index is 0.166. The molecule has 2 heterocycles. The Balaban J connectivity index is 2.17. The van der Waals surface area contributed by atoms with Gasteiger partial charge in [0, 0.05) is 18.1 Å². The number of hydrogen-bond acceptors (Lipinski definition) is 3. The topological polar surface area (TPSA) is 39.4 Å². The molecule has 0 fully saturated rings. The minimum Gasteiger partial charge on any atom is -0.472 e. The first-order chi connectivity index (χ1) is 5.86. The average molecular weight is 164 g/mol. The highest BCUT2D eigenvalue weighted by atomic mass is 16.5. The van der Waals surface area contributed by atoms with Crippen molar-refractivity contribution in [3.05, 3.63) is 36.3 Å². The van der Waals surface area contributed by atoms with Crippen molar-refractivity contribution in [2.75, 3.05) is 0 Å². The van der Waals surface area contributed by atoms with Crippen LogP contribution in [0.3, 0.4) is 0 Å². The molecule has 0 saturated carbocycles. The highest BCUT2D eigenvalue weighted by Gasteiger charge is 2.18. The molecule has 3 heteroatoms. The molecule has 2 rings (SSSR count). The fourth-order valence-electron chi connectivity index (χ4n) is 1.18. The summed E-state index contributed by atoms with van der Waals surface area (Å²) >= 11 is 0. The van der Waals surface area contributed by atoms with Crippen molar-refractivity contribution in [2.24, 2.45) is 0 Å². The standard InChI is InChI=1S/C9H8O3/c10-9-3-1-2-8(12-9)7-4-5-11-6-7/h1,3-6,8H,2H2/t8-/m0/s1. The summed E-state index contributed by atoms with van der Waals surface area (Å²) in [7, 11) is 0. The Morgan fingerprint density at radius 3 is 3.08 bits per heavy atom. The van der Waals surface area contributed by atoms with E-state index in [9.17, 15) is 4.79 Å². The molecule has 1 atom stereocenters. The Kier molecular flexibility index (Phi) is 1.70. The number of cyclic esters (lactones) is 1. The van der Waals surface area contributed by atoms with Gasteiger partial charge in [0.15, 0.2) is 0 Å². The molecule has 0 radical (unpaired) electrons. The predicted molar refractivity (Wildman–Crippen MR) is 41.3 cm³/mol. The van der Waals surface area contributed by atoms with Crippen LogP contribution < -0.4 is 0 Å². The Bertz CT molecular complexity index is 298. The minimum atomic E-state index is -0.285. The molecule has 0 unspecified atom stereocenters. The summed E-state index contributed by atoms with van der Waals surface area (Å²) in [5.41, 5.74) is 0.910. The third kappa shape index (κ3) is 1.25. The summed E-state index contributed by atoms with van der Waals surface area (Å²) < 4.78 is 9.93. The Labute approximate surface area is 69.6 Å². The molecule has 1 aromatic heterocycles. The predicted octanol–water partition coefficient (Wildman–Crippen LogP) is 1.82. The normalized spacial score (nSPS) is 22.3. The van der Waals surface area contributed by atoms with Gasteiger partial charge >= 0.3 is 5.97 Å². The van der Waals surface area contributed by atoms with E-state index >= 15 is 0 Å². The summed E-state index contributed by atoms with van der Waals surface area (Å²) in [4.78, 5) is 10.8. The van der Waals surface area contributed by atoms with E-state index in [1.54, 1.807) is 18.6 Å². The van der Waals surface area contributed by atoms with Crippen LogP contribution in [0.5, 0.6) is 0 Å². The number of furan rings is 1. The van der Waals surface area contributed by atoms with E-state index in [1.807, 2.05) is 6.08 Å². The van der Waals surface area contributed by atoms with Gasteiger partial charge in [-0.15, -0.1) is 0 Å². The zero-order valence-electron chi connectivity index (χ0n) is 6.40. The van der Waals surface area contributed by atoms with Crippen LogP contribution in [0.1, 0.15) is 18.1 Å². The third-order valence-corrected chi connectivity index (χ3v) is 1.78. The lowest BCUT2D eigenvalue weighted by atomic mass is 10.1. The number of carbonyl (C=O) groups is 1. The second kappa shape index (κ2) is 2.85. The van der Waals surface area contributed by atoms with Crippen LogP contribution in [0, 0.1) is 0 Å². The highest BCUT2D eigenvalue weighted by Crippen LogP contribution is 2.24. The molecule has 0 spiro atoms. The first kappa shape index (κ1) is 7.16. The van der Waals surface area contributed by atoms with E-state index in [4.69, 9.17) is 9.15 Å². The molecule has 1 aromatic rings. The van der Waals surface area contributed by atoms with Gasteiger partial charge in [0.25, 0.3) is 0 Å². The summed E-state index contributed by atoms with van der Waals surface area (Å²) in [5.74, 6) is -0.285. The highest BCUT2D eigenvalue weighted by molar-refractivity contribution is 5.82. The van der Waals surface area contributed by atoms with E-state index < -0.39 is 0 Å². The smallest absolute Gasteiger partial charge is 0.331 e. The molecule has 0 bridgehead atoms. The monoisotopic (exact) mass is 164 g/mol. The summed E-state index contributed by atoms with van der Waals surface area (Å²) in [6, 6.07) is 1.80. The summed E-state index contributed by atoms with van der Waals surface area (Å²) in [6.45, 7) is 0. The molecule has 0 amide bonds. The van der Waals surface area contributed by atoms with Crippen LogP contribution in [-0.2, 0) is 9.53 Å². The van der Waals surface area contributed by atoms with Crippen LogP contribution in [-0.4, -0.2) is 5.97 Å². The number of ether oxygens (including phenoxy) is 1. The van der Waals surface area contributed by atoms with Crippen LogP contribution in [0.25, 0.3) is 0 Å². The maximum absolute atomic E-state index is 10.8. The van der Waals surface area contributed by atoms with Crippen molar-refractivity contribution in [1.29, 1.82) is 0 Å². The lowest BCUT2D eigenvalue weighted by Crippen LogP contribution is -2.11. The average Bonchev–Trinajstić information content (AvgIpc) is 2.56. The van der Waals surface area contributed by atoms with Crippen molar-refractivity contribution in [1.82, 2.24) is 0 Å². The zero-order valence-corrected chi connectivity index (χ0v) is 6.40. The maximum Gasteiger partial charge on any atom is 0.331 e. The maximum atomic E-state index is 10.8. The van der Waals surface area contributed by atoms with E-state index in [0.717, 1.165) is 12.0 Å². The van der Waals surface area contributed by atoms with Gasteiger partial charge in [-0.25, -0.2) is 4.79 Å². The third-order valence-electron chi connectivity index (χ3n) is 1.78. The van der Waals surface area contributed by atoms with Gasteiger partial charge in [-0.3, -0.25) is 0 Å². The second-order valence-corrected chi connectivity index (χ2v) is 2.62. The van der Waals surface area contributed by atoms with Crippen LogP contribution in [0.15, 0.2) is 35.2 Å². The molecular weight excluding hydrogens is 156 g/mol. The van der Waals surface area contributed by atoms with E-state index in [0.29, 0.717) is 0 Å². The number of rotatable bonds is 1. The first-order valence-electron chi connectivity index (χ1n) is 3.75. The van der Waals surface area contributed by atoms with Gasteiger partial charge in [0.1, 0.15) is 6.10 Å². The lowest BCUT2D eigenvalue weighted by molar-refractivity contribution is -0.144. The Hall–Kier alpha value is -1.51. The molecule has 12 heavy (non-hydrogen) atoms. The fraction of sp³-hybridized carbons (Fsp3) is 0.222. The molecule has 0 aliphatic carbocycles. The number of carbonyl (C=O) groups excluding carboxylic acids is 1. The molecule has 62 valence electrons. The first-order valence-corrected chi connectivity index (χ1v) is 3.75. The molecule has 0 N–H and O–H groups in total. The second-order valence-electron chi connectivity index (χ2n) is 2.62. The van der Waals surface area contributed by atoms with Crippen molar-refractivity contribution in [3.63, 3.8) is 0 Å². The molecule has 0 saturated heterocycles. The van der Waals surface area contributed by atoms with Gasteiger partial charge in [-0.1, -0.05) is 6.08 Å². The van der Waals surface area contributed by atoms with Gasteiger partial charge in [0.05, 0.1) is 12.5 Å². The van der Waals surface area contributed by atoms with Crippen LogP contribution in [0.4, 0.5) is 0 Å². The summed E-state index contributed by atoms with van der Waals surface area (Å²) in [6.07, 6.45) is 6.98. The van der Waals surface area contributed by atoms with E-state index in [1.165, 1.54) is 6.08 Å². The number of hydrogen-bond donors (Lipinski definition) is 0. The van der Waals surface area contributed by atoms with Gasteiger partial charge in [0.2, 0.25) is 0 Å². The molecular formula is C9H8O3. The van der Waals surface area contributed by atoms with Gasteiger partial charge < -0.3 is 9.15 Å². The largest absolute Gasteiger partial charge is 0.472 e. The summed E-state index contributed by atoms with van der Waals surface area (Å²) in [5, 5.41) is 0. The van der Waals surface area contributed by atoms with Crippen LogP contribution in [0.2, 0.25) is 0 Å². The van der Waals surface area contributed by atoms with Crippen molar-refractivity contribution >= 4 is 5.97 Å². The molecule has 0 aromatic carbocycles. The van der Waals surface area contributed by atoms with Gasteiger partial charge in [-0.2, -0.15) is 0 Å². The fourth-order valence-corrected chi connectivity index (χ4v) is 1.18. The SMILES string of the molecule is O=C1C=CC[C@@H](c2ccoc2)O1. The quantitative estimate of drug-likeness (QED) is 0.594. The van der Waals surface area contributed by atoms with Crippen molar-refractivity contribution in [3.8, 4) is 0 Å². The number of esters is 1. The van der Waals surface area contributed by atoms with Gasteiger partial charge in [-0.05, 0) is 6.07 Å². The lowest BCUT2D eigenvalue weighted by Gasteiger charge is -2.16. The van der Waals surface area contributed by atoms with Crippen molar-refractivity contribution < 1.29 is 13.9 Å².